The van der Waals surface area contributed by atoms with Gasteiger partial charge in [0.1, 0.15) is 40.2 Å². The second kappa shape index (κ2) is 19.8. The molecule has 0 aromatic heterocycles. The molecule has 0 bridgehead atoms. The van der Waals surface area contributed by atoms with Crippen molar-refractivity contribution in [3.05, 3.63) is 89.5 Å². The van der Waals surface area contributed by atoms with E-state index in [1.54, 1.807) is 106 Å². The molecule has 3 rings (SSSR count). The van der Waals surface area contributed by atoms with Crippen LogP contribution in [-0.4, -0.2) is 73.8 Å². The Labute approximate surface area is 368 Å². The van der Waals surface area contributed by atoms with Crippen molar-refractivity contribution >= 4 is 54.2 Å². The summed E-state index contributed by atoms with van der Waals surface area (Å²) < 4.78 is 59.6. The van der Waals surface area contributed by atoms with Crippen molar-refractivity contribution in [3.63, 3.8) is 0 Å². The maximum atomic E-state index is 14.2. The molecule has 0 fully saturated rings. The van der Waals surface area contributed by atoms with Crippen molar-refractivity contribution in [3.8, 4) is 11.5 Å². The number of benzene rings is 3. The Bertz CT molecular complexity index is 2180. The van der Waals surface area contributed by atoms with E-state index in [9.17, 15) is 27.6 Å². The molecule has 0 saturated carbocycles. The van der Waals surface area contributed by atoms with Crippen LogP contribution in [0.4, 0.5) is 15.3 Å². The predicted octanol–water partition coefficient (Wildman–Crippen LogP) is 9.39. The fraction of sp³-hybridized carbons (Fsp3) is 0.489. The van der Waals surface area contributed by atoms with Crippen LogP contribution in [0.25, 0.3) is 0 Å². The summed E-state index contributed by atoms with van der Waals surface area (Å²) in [6, 6.07) is 17.7. The summed E-state index contributed by atoms with van der Waals surface area (Å²) in [6.45, 7) is 26.8. The van der Waals surface area contributed by atoms with Gasteiger partial charge in [0.25, 0.3) is 0 Å². The molecule has 2 amide bonds. The molecule has 15 nitrogen and oxygen atoms in total. The second-order valence-corrected chi connectivity index (χ2v) is 25.7. The van der Waals surface area contributed by atoms with Gasteiger partial charge in [-0.15, -0.1) is 0 Å². The standard InChI is InChI=1S/C45H64N4O11SSi/c1-30(47-40(52)58-43(5,6)7)46-34-22-20-33(21-23-34)38(50)56-35-24-18-32(19-25-35)29-49(41(53)59-44(8,9)10)61(54,55)48-37(39(51)57-42(2,3)4)28-31-16-26-36(27-17-31)60-62(14,15)45(11,12)13/h16-27,37,48H,28-29H2,1-15H3,(H,46,47,52)/t37-/m0/s1. The van der Waals surface area contributed by atoms with E-state index < -0.39 is 72.0 Å². The monoisotopic (exact) mass is 896 g/mol. The lowest BCUT2D eigenvalue weighted by Crippen LogP contribution is -2.52. The molecule has 1 atom stereocenters. The molecule has 62 heavy (non-hydrogen) atoms. The fourth-order valence-corrected chi connectivity index (χ4v) is 7.32. The average molecular weight is 897 g/mol. The normalized spacial score (nSPS) is 13.4. The van der Waals surface area contributed by atoms with Crippen molar-refractivity contribution in [2.45, 2.75) is 144 Å². The molecule has 3 aromatic carbocycles. The van der Waals surface area contributed by atoms with Crippen LogP contribution in [0.3, 0.4) is 0 Å². The topological polar surface area (TPSA) is 188 Å². The van der Waals surface area contributed by atoms with Crippen LogP contribution in [0.15, 0.2) is 77.8 Å². The lowest BCUT2D eigenvalue weighted by Gasteiger charge is -2.36. The lowest BCUT2D eigenvalue weighted by molar-refractivity contribution is -0.157. The van der Waals surface area contributed by atoms with Crippen LogP contribution >= 0.6 is 0 Å². The van der Waals surface area contributed by atoms with Crippen LogP contribution in [-0.2, 0) is 42.2 Å². The minimum atomic E-state index is -4.78. The number of hydrogen-bond donors (Lipinski definition) is 2. The number of aliphatic imine (C=N–C) groups is 1. The molecule has 0 unspecified atom stereocenters. The van der Waals surface area contributed by atoms with Crippen molar-refractivity contribution in [1.29, 1.82) is 0 Å². The fourth-order valence-electron chi connectivity index (χ4n) is 5.07. The zero-order valence-corrected chi connectivity index (χ0v) is 40.5. The molecule has 3 aromatic rings. The maximum absolute atomic E-state index is 14.2. The number of esters is 2. The molecule has 2 N–H and O–H groups in total. The van der Waals surface area contributed by atoms with Crippen LogP contribution in [0.5, 0.6) is 11.5 Å². The van der Waals surface area contributed by atoms with Gasteiger partial charge in [0, 0.05) is 0 Å². The zero-order valence-electron chi connectivity index (χ0n) is 38.7. The minimum Gasteiger partial charge on any atom is -0.544 e. The minimum absolute atomic E-state index is 0.0302. The first-order valence-corrected chi connectivity index (χ1v) is 24.6. The summed E-state index contributed by atoms with van der Waals surface area (Å²) in [5.74, 6) is -0.418. The summed E-state index contributed by atoms with van der Waals surface area (Å²) in [4.78, 5) is 56.5. The highest BCUT2D eigenvalue weighted by molar-refractivity contribution is 7.87. The van der Waals surface area contributed by atoms with Crippen molar-refractivity contribution in [1.82, 2.24) is 14.3 Å². The number of amides is 2. The summed E-state index contributed by atoms with van der Waals surface area (Å²) in [6.07, 6.45) is -1.93. The molecule has 0 aliphatic heterocycles. The number of nitrogens with zero attached hydrogens (tertiary/aromatic N) is 2. The van der Waals surface area contributed by atoms with Gasteiger partial charge in [-0.3, -0.25) is 10.1 Å². The molecule has 0 heterocycles. The van der Waals surface area contributed by atoms with Crippen molar-refractivity contribution in [2.24, 2.45) is 4.99 Å². The number of ether oxygens (including phenoxy) is 4. The van der Waals surface area contributed by atoms with E-state index in [2.05, 4.69) is 48.9 Å². The van der Waals surface area contributed by atoms with Crippen LogP contribution in [0, 0.1) is 0 Å². The van der Waals surface area contributed by atoms with E-state index in [1.165, 1.54) is 36.4 Å². The second-order valence-electron chi connectivity index (χ2n) is 19.3. The molecule has 0 aliphatic rings. The number of carbonyl (C=O) groups excluding carboxylic acids is 4. The molecule has 0 saturated heterocycles. The molecule has 340 valence electrons. The summed E-state index contributed by atoms with van der Waals surface area (Å²) in [5.41, 5.74) is -1.04. The van der Waals surface area contributed by atoms with Gasteiger partial charge in [-0.2, -0.15) is 17.4 Å². The Morgan fingerprint density at radius 1 is 0.694 bits per heavy atom. The van der Waals surface area contributed by atoms with Gasteiger partial charge in [-0.25, -0.2) is 19.4 Å². The highest BCUT2D eigenvalue weighted by Gasteiger charge is 2.40. The van der Waals surface area contributed by atoms with E-state index in [-0.39, 0.29) is 22.8 Å². The number of amidine groups is 1. The zero-order chi connectivity index (χ0) is 47.1. The van der Waals surface area contributed by atoms with E-state index in [0.717, 1.165) is 0 Å². The summed E-state index contributed by atoms with van der Waals surface area (Å²) in [7, 11) is -6.92. The Hall–Kier alpha value is -5.26. The van der Waals surface area contributed by atoms with Gasteiger partial charge >= 0.3 is 34.3 Å². The third kappa shape index (κ3) is 16.9. The lowest BCUT2D eigenvalue weighted by atomic mass is 10.1. The largest absolute Gasteiger partial charge is 0.544 e. The van der Waals surface area contributed by atoms with Crippen LogP contribution in [0.1, 0.15) is 111 Å². The average Bonchev–Trinajstić information content (AvgIpc) is 3.09. The number of nitrogens with one attached hydrogen (secondary N) is 2. The van der Waals surface area contributed by atoms with Gasteiger partial charge in [0.2, 0.25) is 8.32 Å². The van der Waals surface area contributed by atoms with Gasteiger partial charge < -0.3 is 23.4 Å². The van der Waals surface area contributed by atoms with Crippen molar-refractivity contribution < 1.29 is 51.0 Å². The van der Waals surface area contributed by atoms with Gasteiger partial charge in [-0.05, 0) is 153 Å². The SMILES string of the molecule is CC(=Nc1ccc(C(=O)Oc2ccc(CN(C(=O)OC(C)(C)C)S(=O)(=O)N[C@@H](Cc3ccc(O[Si](C)(C)C(C)(C)C)cc3)C(=O)OC(C)(C)C)cc2)cc1)NC(=O)OC(C)(C)C. The highest BCUT2D eigenvalue weighted by Crippen LogP contribution is 2.37. The van der Waals surface area contributed by atoms with Gasteiger partial charge in [0.05, 0.1) is 17.8 Å². The van der Waals surface area contributed by atoms with Gasteiger partial charge in [0.15, 0.2) is 0 Å². The maximum Gasteiger partial charge on any atom is 0.425 e. The van der Waals surface area contributed by atoms with E-state index >= 15 is 0 Å². The number of hydrogen-bond acceptors (Lipinski definition) is 12. The first-order chi connectivity index (χ1) is 28.2. The third-order valence-electron chi connectivity index (χ3n) is 8.95. The van der Waals surface area contributed by atoms with E-state index in [1.807, 2.05) is 0 Å². The number of carbonyl (C=O) groups is 4. The summed E-state index contributed by atoms with van der Waals surface area (Å²) >= 11 is 0. The Morgan fingerprint density at radius 2 is 1.19 bits per heavy atom. The molecule has 0 aliphatic carbocycles. The Morgan fingerprint density at radius 3 is 1.69 bits per heavy atom. The van der Waals surface area contributed by atoms with E-state index in [0.29, 0.717) is 32.7 Å². The smallest absolute Gasteiger partial charge is 0.425 e. The predicted molar refractivity (Wildman–Crippen MR) is 241 cm³/mol. The molecule has 17 heteroatoms. The van der Waals surface area contributed by atoms with Crippen LogP contribution < -0.4 is 19.2 Å². The van der Waals surface area contributed by atoms with Gasteiger partial charge in [-0.1, -0.05) is 45.0 Å². The number of alkyl carbamates (subject to hydrolysis) is 1. The first kappa shape index (κ1) is 51.1. The highest BCUT2D eigenvalue weighted by atomic mass is 32.2. The quantitative estimate of drug-likeness (QED) is 0.0415. The van der Waals surface area contributed by atoms with Crippen LogP contribution in [0.2, 0.25) is 18.1 Å². The molecular formula is C45H64N4O11SSi. The molecule has 0 spiro atoms. The first-order valence-electron chi connectivity index (χ1n) is 20.2. The Kier molecular flexibility index (Phi) is 16.4. The third-order valence-corrected chi connectivity index (χ3v) is 14.8. The molecular weight excluding hydrogens is 833 g/mol. The Balaban J connectivity index is 1.82. The number of rotatable bonds is 13. The van der Waals surface area contributed by atoms with E-state index in [4.69, 9.17) is 23.4 Å². The van der Waals surface area contributed by atoms with Crippen molar-refractivity contribution in [2.75, 3.05) is 0 Å². The molecule has 0 radical (unpaired) electrons. The summed E-state index contributed by atoms with van der Waals surface area (Å²) in [5, 5.41) is 2.51.